The Labute approximate surface area is 165 Å². The van der Waals surface area contributed by atoms with Crippen molar-refractivity contribution < 1.29 is 17.9 Å². The van der Waals surface area contributed by atoms with Crippen molar-refractivity contribution in [3.05, 3.63) is 16.3 Å². The summed E-state index contributed by atoms with van der Waals surface area (Å²) < 4.78 is 32.5. The highest BCUT2D eigenvalue weighted by molar-refractivity contribution is 7.89. The molecule has 2 aliphatic heterocycles. The molecule has 7 nitrogen and oxygen atoms in total. The van der Waals surface area contributed by atoms with Gasteiger partial charge in [0.2, 0.25) is 10.0 Å². The van der Waals surface area contributed by atoms with Crippen molar-refractivity contribution >= 4 is 39.7 Å². The van der Waals surface area contributed by atoms with E-state index in [9.17, 15) is 13.2 Å². The summed E-state index contributed by atoms with van der Waals surface area (Å²) in [7, 11) is -1.74. The summed E-state index contributed by atoms with van der Waals surface area (Å²) in [5.41, 5.74) is 0. The number of piperidine rings is 1. The molecule has 10 heteroatoms. The van der Waals surface area contributed by atoms with Crippen LogP contribution in [0.1, 0.15) is 22.5 Å². The maximum atomic E-state index is 13.0. The van der Waals surface area contributed by atoms with Gasteiger partial charge in [0.1, 0.15) is 9.77 Å². The Morgan fingerprint density at radius 3 is 2.77 bits per heavy atom. The zero-order valence-corrected chi connectivity index (χ0v) is 17.3. The van der Waals surface area contributed by atoms with Crippen LogP contribution in [0.25, 0.3) is 0 Å². The fourth-order valence-electron chi connectivity index (χ4n) is 3.43. The highest BCUT2D eigenvalue weighted by Crippen LogP contribution is 2.28. The maximum Gasteiger partial charge on any atom is 0.265 e. The van der Waals surface area contributed by atoms with E-state index >= 15 is 0 Å². The van der Waals surface area contributed by atoms with Gasteiger partial charge in [0.25, 0.3) is 5.91 Å². The lowest BCUT2D eigenvalue weighted by molar-refractivity contribution is 0.0673. The second-order valence-electron chi connectivity index (χ2n) is 6.45. The van der Waals surface area contributed by atoms with Crippen LogP contribution in [0, 0.1) is 5.92 Å². The molecule has 3 rings (SSSR count). The number of nitrogens with zero attached hydrogens (tertiary/aromatic N) is 2. The normalized spacial score (nSPS) is 22.0. The first-order valence-electron chi connectivity index (χ1n) is 8.63. The largest absolute Gasteiger partial charge is 0.379 e. The third kappa shape index (κ3) is 4.58. The summed E-state index contributed by atoms with van der Waals surface area (Å²) in [6.45, 7) is 3.68. The summed E-state index contributed by atoms with van der Waals surface area (Å²) in [6.07, 6.45) is 2.04. The molecule has 1 aromatic heterocycles. The van der Waals surface area contributed by atoms with Crippen LogP contribution in [0.2, 0.25) is 0 Å². The van der Waals surface area contributed by atoms with Crippen molar-refractivity contribution in [1.82, 2.24) is 14.5 Å². The quantitative estimate of drug-likeness (QED) is 0.771. The molecule has 1 atom stereocenters. The van der Waals surface area contributed by atoms with Gasteiger partial charge in [-0.25, -0.2) is 8.42 Å². The molecule has 1 unspecified atom stereocenters. The number of halogens is 1. The van der Waals surface area contributed by atoms with E-state index in [1.807, 2.05) is 7.05 Å². The minimum Gasteiger partial charge on any atom is -0.379 e. The fourth-order valence-corrected chi connectivity index (χ4v) is 6.20. The van der Waals surface area contributed by atoms with E-state index in [1.165, 1.54) is 15.6 Å². The number of sulfonamides is 1. The lowest BCUT2D eigenvalue weighted by Gasteiger charge is -2.33. The first-order valence-corrected chi connectivity index (χ1v) is 10.9. The molecule has 0 saturated carbocycles. The van der Waals surface area contributed by atoms with Gasteiger partial charge in [-0.2, -0.15) is 4.31 Å². The Balaban J connectivity index is 0.00000243. The molecule has 2 aliphatic rings. The van der Waals surface area contributed by atoms with Gasteiger partial charge in [-0.3, -0.25) is 4.79 Å². The zero-order valence-electron chi connectivity index (χ0n) is 14.8. The molecule has 0 spiro atoms. The molecule has 0 radical (unpaired) electrons. The average molecular weight is 424 g/mol. The summed E-state index contributed by atoms with van der Waals surface area (Å²) >= 11 is 1.21. The van der Waals surface area contributed by atoms with Gasteiger partial charge in [-0.1, -0.05) is 0 Å². The maximum absolute atomic E-state index is 13.0. The standard InChI is InChI=1S/C16H25N3O4S2.ClH/c1-17-11-13-3-2-5-18(12-13)16(20)15-14(4-10-24-15)25(21,22)19-6-8-23-9-7-19;/h4,10,13,17H,2-3,5-9,11-12H2,1H3;1H. The Morgan fingerprint density at radius 1 is 1.35 bits per heavy atom. The zero-order chi connectivity index (χ0) is 17.9. The Kier molecular flexibility index (Phi) is 7.87. The van der Waals surface area contributed by atoms with Gasteiger partial charge in [-0.15, -0.1) is 23.7 Å². The molecule has 26 heavy (non-hydrogen) atoms. The minimum absolute atomic E-state index is 0. The van der Waals surface area contributed by atoms with Crippen LogP contribution >= 0.6 is 23.7 Å². The van der Waals surface area contributed by atoms with E-state index < -0.39 is 10.0 Å². The highest BCUT2D eigenvalue weighted by Gasteiger charge is 2.33. The Hall–Kier alpha value is -0.710. The number of thiophene rings is 1. The van der Waals surface area contributed by atoms with E-state index in [0.29, 0.717) is 50.2 Å². The summed E-state index contributed by atoms with van der Waals surface area (Å²) in [5.74, 6) is 0.254. The molecular weight excluding hydrogens is 398 g/mol. The number of ether oxygens (including phenoxy) is 1. The van der Waals surface area contributed by atoms with Crippen molar-refractivity contribution in [2.75, 3.05) is 53.0 Å². The van der Waals surface area contributed by atoms with Crippen LogP contribution in [0.3, 0.4) is 0 Å². The molecule has 0 aliphatic carbocycles. The first kappa shape index (κ1) is 21.6. The monoisotopic (exact) mass is 423 g/mol. The molecule has 0 bridgehead atoms. The van der Waals surface area contributed by atoms with Gasteiger partial charge in [0, 0.05) is 26.2 Å². The molecule has 2 fully saturated rings. The van der Waals surface area contributed by atoms with Crippen molar-refractivity contribution in [2.24, 2.45) is 5.92 Å². The number of nitrogens with one attached hydrogen (secondary N) is 1. The van der Waals surface area contributed by atoms with Crippen LogP contribution in [-0.2, 0) is 14.8 Å². The second kappa shape index (κ2) is 9.48. The molecule has 3 heterocycles. The van der Waals surface area contributed by atoms with Gasteiger partial charge in [0.05, 0.1) is 13.2 Å². The van der Waals surface area contributed by atoms with Crippen molar-refractivity contribution in [3.8, 4) is 0 Å². The average Bonchev–Trinajstić information content (AvgIpc) is 3.13. The number of carbonyl (C=O) groups excluding carboxylic acids is 1. The first-order chi connectivity index (χ1) is 12.0. The van der Waals surface area contributed by atoms with E-state index in [-0.39, 0.29) is 23.2 Å². The summed E-state index contributed by atoms with van der Waals surface area (Å²) in [4.78, 5) is 15.2. The third-order valence-corrected chi connectivity index (χ3v) is 7.68. The molecule has 1 aromatic rings. The lowest BCUT2D eigenvalue weighted by atomic mass is 9.98. The molecule has 1 amide bonds. The van der Waals surface area contributed by atoms with Crippen molar-refractivity contribution in [2.45, 2.75) is 17.7 Å². The number of hydrogen-bond donors (Lipinski definition) is 1. The number of hydrogen-bond acceptors (Lipinski definition) is 6. The van der Waals surface area contributed by atoms with Crippen LogP contribution in [-0.4, -0.2) is 76.5 Å². The Bertz CT molecular complexity index is 702. The molecule has 0 aromatic carbocycles. The van der Waals surface area contributed by atoms with Crippen LogP contribution < -0.4 is 5.32 Å². The lowest BCUT2D eigenvalue weighted by Crippen LogP contribution is -2.43. The highest BCUT2D eigenvalue weighted by atomic mass is 35.5. The van der Waals surface area contributed by atoms with Crippen molar-refractivity contribution in [3.63, 3.8) is 0 Å². The minimum atomic E-state index is -3.65. The number of likely N-dealkylation sites (tertiary alicyclic amines) is 1. The molecule has 148 valence electrons. The van der Waals surface area contributed by atoms with Crippen molar-refractivity contribution in [1.29, 1.82) is 0 Å². The summed E-state index contributed by atoms with van der Waals surface area (Å²) in [5, 5.41) is 4.85. The number of carbonyl (C=O) groups is 1. The SMILES string of the molecule is CNCC1CCCN(C(=O)c2sccc2S(=O)(=O)N2CCOCC2)C1.Cl. The second-order valence-corrected chi connectivity index (χ2v) is 9.27. The van der Waals surface area contributed by atoms with Crippen LogP contribution in [0.15, 0.2) is 16.3 Å². The summed E-state index contributed by atoms with van der Waals surface area (Å²) in [6, 6.07) is 1.55. The van der Waals surface area contributed by atoms with E-state index in [1.54, 1.807) is 16.3 Å². The van der Waals surface area contributed by atoms with Gasteiger partial charge in [-0.05, 0) is 43.8 Å². The number of rotatable bonds is 5. The predicted octanol–water partition coefficient (Wildman–Crippen LogP) is 1.26. The van der Waals surface area contributed by atoms with E-state index in [4.69, 9.17) is 4.74 Å². The third-order valence-electron chi connectivity index (χ3n) is 4.71. The van der Waals surface area contributed by atoms with Gasteiger partial charge in [0.15, 0.2) is 0 Å². The van der Waals surface area contributed by atoms with Crippen LogP contribution in [0.5, 0.6) is 0 Å². The van der Waals surface area contributed by atoms with E-state index in [0.717, 1.165) is 19.4 Å². The van der Waals surface area contributed by atoms with E-state index in [2.05, 4.69) is 5.32 Å². The Morgan fingerprint density at radius 2 is 2.08 bits per heavy atom. The smallest absolute Gasteiger partial charge is 0.265 e. The molecule has 2 saturated heterocycles. The predicted molar refractivity (Wildman–Crippen MR) is 104 cm³/mol. The van der Waals surface area contributed by atoms with Gasteiger partial charge >= 0.3 is 0 Å². The molecular formula is C16H26ClN3O4S2. The number of morpholine rings is 1. The molecule has 1 N–H and O–H groups in total. The van der Waals surface area contributed by atoms with Crippen LogP contribution in [0.4, 0.5) is 0 Å². The van der Waals surface area contributed by atoms with Gasteiger partial charge < -0.3 is 15.0 Å². The fraction of sp³-hybridized carbons (Fsp3) is 0.688. The number of amides is 1. The topological polar surface area (TPSA) is 79.0 Å².